The third-order valence-electron chi connectivity index (χ3n) is 2.02. The highest BCUT2D eigenvalue weighted by molar-refractivity contribution is 7.05. The van der Waals surface area contributed by atoms with Gasteiger partial charge in [0.1, 0.15) is 10.8 Å². The topological polar surface area (TPSA) is 35.0 Å². The second-order valence-corrected chi connectivity index (χ2v) is 4.55. The third-order valence-corrected chi connectivity index (χ3v) is 3.06. The number of halogens is 1. The summed E-state index contributed by atoms with van der Waals surface area (Å²) >= 11 is 6.94. The number of hydrogen-bond donors (Lipinski definition) is 0. The molecule has 0 spiro atoms. The lowest BCUT2D eigenvalue weighted by Gasteiger charge is -2.04. The molecule has 0 atom stereocenters. The van der Waals surface area contributed by atoms with Crippen molar-refractivity contribution in [2.24, 2.45) is 0 Å². The zero-order valence-corrected chi connectivity index (χ0v) is 10.4. The Hall–Kier alpha value is -1.13. The van der Waals surface area contributed by atoms with Gasteiger partial charge in [0.25, 0.3) is 0 Å². The van der Waals surface area contributed by atoms with Gasteiger partial charge in [-0.25, -0.2) is 4.98 Å². The molecular weight excluding hydrogens is 244 g/mol. The van der Waals surface area contributed by atoms with Crippen LogP contribution in [-0.4, -0.2) is 16.0 Å². The number of benzene rings is 1. The summed E-state index contributed by atoms with van der Waals surface area (Å²) in [6, 6.07) is 7.97. The molecule has 3 nitrogen and oxygen atoms in total. The second kappa shape index (κ2) is 5.27. The molecule has 0 radical (unpaired) electrons. The fraction of sp³-hybridized carbons (Fsp3) is 0.273. The van der Waals surface area contributed by atoms with E-state index >= 15 is 0 Å². The minimum Gasteiger partial charge on any atom is -0.493 e. The van der Waals surface area contributed by atoms with Crippen LogP contribution in [0.2, 0.25) is 5.28 Å². The Morgan fingerprint density at radius 3 is 3.00 bits per heavy atom. The molecule has 1 heterocycles. The fourth-order valence-electron chi connectivity index (χ4n) is 1.30. The van der Waals surface area contributed by atoms with Crippen LogP contribution in [0, 0.1) is 6.92 Å². The van der Waals surface area contributed by atoms with Crippen molar-refractivity contribution >= 4 is 23.1 Å². The zero-order valence-electron chi connectivity index (χ0n) is 8.81. The second-order valence-electron chi connectivity index (χ2n) is 3.37. The van der Waals surface area contributed by atoms with Crippen LogP contribution in [0.15, 0.2) is 24.3 Å². The maximum Gasteiger partial charge on any atom is 0.234 e. The van der Waals surface area contributed by atoms with E-state index in [2.05, 4.69) is 9.36 Å². The van der Waals surface area contributed by atoms with E-state index in [9.17, 15) is 0 Å². The molecule has 0 N–H and O–H groups in total. The van der Waals surface area contributed by atoms with Gasteiger partial charge in [-0.05, 0) is 47.8 Å². The molecule has 0 aliphatic heterocycles. The number of ether oxygens (including phenoxy) is 1. The molecule has 0 fully saturated rings. The van der Waals surface area contributed by atoms with Crippen LogP contribution < -0.4 is 4.74 Å². The van der Waals surface area contributed by atoms with Gasteiger partial charge in [0, 0.05) is 6.42 Å². The quantitative estimate of drug-likeness (QED) is 0.841. The first-order valence-electron chi connectivity index (χ1n) is 4.91. The molecule has 0 unspecified atom stereocenters. The summed E-state index contributed by atoms with van der Waals surface area (Å²) in [6.07, 6.45) is 0.734. The van der Waals surface area contributed by atoms with Crippen LogP contribution in [0.3, 0.4) is 0 Å². The lowest BCUT2D eigenvalue weighted by Crippen LogP contribution is -2.00. The smallest absolute Gasteiger partial charge is 0.234 e. The molecule has 2 aromatic rings. The van der Waals surface area contributed by atoms with Gasteiger partial charge in [-0.1, -0.05) is 12.1 Å². The highest BCUT2D eigenvalue weighted by Crippen LogP contribution is 2.14. The molecule has 5 heteroatoms. The van der Waals surface area contributed by atoms with Gasteiger partial charge < -0.3 is 4.74 Å². The molecule has 0 aliphatic rings. The summed E-state index contributed by atoms with van der Waals surface area (Å²) in [5, 5.41) is 1.22. The van der Waals surface area contributed by atoms with Crippen molar-refractivity contribution in [1.82, 2.24) is 9.36 Å². The van der Waals surface area contributed by atoms with Crippen molar-refractivity contribution in [2.75, 3.05) is 6.61 Å². The van der Waals surface area contributed by atoms with Crippen LogP contribution >= 0.6 is 23.1 Å². The third kappa shape index (κ3) is 3.18. The molecular formula is C11H11ClN2OS. The first-order chi connectivity index (χ1) is 7.74. The molecule has 84 valence electrons. The molecule has 0 saturated heterocycles. The average Bonchev–Trinajstić information content (AvgIpc) is 2.64. The van der Waals surface area contributed by atoms with Crippen molar-refractivity contribution in [3.8, 4) is 5.75 Å². The first kappa shape index (κ1) is 11.4. The molecule has 16 heavy (non-hydrogen) atoms. The molecule has 1 aromatic carbocycles. The van der Waals surface area contributed by atoms with Crippen LogP contribution in [0.5, 0.6) is 5.75 Å². The zero-order chi connectivity index (χ0) is 11.4. The Bertz CT molecular complexity index is 473. The van der Waals surface area contributed by atoms with E-state index in [0.29, 0.717) is 11.9 Å². The van der Waals surface area contributed by atoms with E-state index in [-0.39, 0.29) is 0 Å². The van der Waals surface area contributed by atoms with Crippen LogP contribution in [-0.2, 0) is 6.42 Å². The van der Waals surface area contributed by atoms with Crippen LogP contribution in [0.25, 0.3) is 0 Å². The largest absolute Gasteiger partial charge is 0.493 e. The molecule has 2 rings (SSSR count). The van der Waals surface area contributed by atoms with Crippen molar-refractivity contribution in [2.45, 2.75) is 13.3 Å². The van der Waals surface area contributed by atoms with Crippen LogP contribution in [0.4, 0.5) is 0 Å². The van der Waals surface area contributed by atoms with Gasteiger partial charge >= 0.3 is 0 Å². The monoisotopic (exact) mass is 254 g/mol. The Balaban J connectivity index is 1.84. The van der Waals surface area contributed by atoms with Gasteiger partial charge in [-0.3, -0.25) is 0 Å². The number of aryl methyl sites for hydroxylation is 1. The number of hydrogen-bond acceptors (Lipinski definition) is 4. The minimum absolute atomic E-state index is 0.315. The molecule has 0 aliphatic carbocycles. The lowest BCUT2D eigenvalue weighted by atomic mass is 10.2. The normalized spacial score (nSPS) is 10.4. The summed E-state index contributed by atoms with van der Waals surface area (Å²) in [6.45, 7) is 2.63. The maximum absolute atomic E-state index is 5.62. The van der Waals surface area contributed by atoms with E-state index < -0.39 is 0 Å². The molecule has 0 saturated carbocycles. The summed E-state index contributed by atoms with van der Waals surface area (Å²) in [7, 11) is 0. The number of aromatic nitrogens is 2. The van der Waals surface area contributed by atoms with Gasteiger partial charge in [-0.2, -0.15) is 4.37 Å². The SMILES string of the molecule is Cc1cccc(OCCc2nc(Cl)ns2)c1. The van der Waals surface area contributed by atoms with Crippen molar-refractivity contribution in [1.29, 1.82) is 0 Å². The molecule has 0 amide bonds. The minimum atomic E-state index is 0.315. The van der Waals surface area contributed by atoms with E-state index in [1.54, 1.807) is 0 Å². The van der Waals surface area contributed by atoms with Gasteiger partial charge in [0.05, 0.1) is 6.61 Å². The lowest BCUT2D eigenvalue weighted by molar-refractivity contribution is 0.321. The van der Waals surface area contributed by atoms with Gasteiger partial charge in [-0.15, -0.1) is 0 Å². The summed E-state index contributed by atoms with van der Waals surface area (Å²) in [5.74, 6) is 0.885. The van der Waals surface area contributed by atoms with Gasteiger partial charge in [0.2, 0.25) is 5.28 Å². The average molecular weight is 255 g/mol. The Labute approximate surface area is 103 Å². The number of nitrogens with zero attached hydrogens (tertiary/aromatic N) is 2. The van der Waals surface area contributed by atoms with E-state index in [4.69, 9.17) is 16.3 Å². The molecule has 1 aromatic heterocycles. The van der Waals surface area contributed by atoms with E-state index in [0.717, 1.165) is 17.2 Å². The van der Waals surface area contributed by atoms with Crippen molar-refractivity contribution in [3.05, 3.63) is 40.1 Å². The standard InChI is InChI=1S/C11H11ClN2OS/c1-8-3-2-4-9(7-8)15-6-5-10-13-11(12)14-16-10/h2-4,7H,5-6H2,1H3. The van der Waals surface area contributed by atoms with E-state index in [1.165, 1.54) is 17.1 Å². The predicted molar refractivity (Wildman–Crippen MR) is 65.3 cm³/mol. The maximum atomic E-state index is 5.62. The predicted octanol–water partition coefficient (Wildman–Crippen LogP) is 3.12. The molecule has 0 bridgehead atoms. The fourth-order valence-corrected chi connectivity index (χ4v) is 2.08. The Morgan fingerprint density at radius 1 is 1.44 bits per heavy atom. The van der Waals surface area contributed by atoms with Crippen LogP contribution in [0.1, 0.15) is 10.6 Å². The van der Waals surface area contributed by atoms with Gasteiger partial charge in [0.15, 0.2) is 0 Å². The highest BCUT2D eigenvalue weighted by Gasteiger charge is 2.01. The summed E-state index contributed by atoms with van der Waals surface area (Å²) < 4.78 is 9.49. The highest BCUT2D eigenvalue weighted by atomic mass is 35.5. The van der Waals surface area contributed by atoms with Crippen molar-refractivity contribution < 1.29 is 4.74 Å². The first-order valence-corrected chi connectivity index (χ1v) is 6.07. The van der Waals surface area contributed by atoms with E-state index in [1.807, 2.05) is 31.2 Å². The number of rotatable bonds is 4. The Morgan fingerprint density at radius 2 is 2.31 bits per heavy atom. The Kier molecular flexibility index (Phi) is 3.74. The van der Waals surface area contributed by atoms with Crippen molar-refractivity contribution in [3.63, 3.8) is 0 Å². The summed E-state index contributed by atoms with van der Waals surface area (Å²) in [4.78, 5) is 4.05. The summed E-state index contributed by atoms with van der Waals surface area (Å²) in [5.41, 5.74) is 1.19.